The number of nitrogens with one attached hydrogen (secondary N) is 1. The van der Waals surface area contributed by atoms with E-state index < -0.39 is 0 Å². The number of amides is 1. The maximum Gasteiger partial charge on any atom is 0.226 e. The minimum Gasteiger partial charge on any atom is -0.394 e. The zero-order valence-corrected chi connectivity index (χ0v) is 14.9. The minimum absolute atomic E-state index is 0.0308. The van der Waals surface area contributed by atoms with Crippen LogP contribution in [-0.4, -0.2) is 52.4 Å². The molecule has 0 aliphatic rings. The van der Waals surface area contributed by atoms with E-state index in [-0.39, 0.29) is 25.5 Å². The number of benzene rings is 2. The number of carbonyl (C=O) groups excluding carboxylic acids is 1. The zero-order valence-electron chi connectivity index (χ0n) is 14.9. The van der Waals surface area contributed by atoms with Crippen molar-refractivity contribution in [1.82, 2.24) is 20.3 Å². The highest BCUT2D eigenvalue weighted by Crippen LogP contribution is 2.25. The number of para-hydroxylation sites is 1. The summed E-state index contributed by atoms with van der Waals surface area (Å²) < 4.78 is 6.89. The molecule has 7 heteroatoms. The molecule has 0 aliphatic carbocycles. The normalized spacial score (nSPS) is 10.7. The summed E-state index contributed by atoms with van der Waals surface area (Å²) in [5, 5.41) is 20.0. The van der Waals surface area contributed by atoms with Crippen LogP contribution in [0.3, 0.4) is 0 Å². The van der Waals surface area contributed by atoms with E-state index in [1.807, 2.05) is 60.7 Å². The fraction of sp³-hybridized carbons (Fsp3) is 0.250. The molecule has 0 fully saturated rings. The Kier molecular flexibility index (Phi) is 6.67. The number of carbonyl (C=O) groups is 1. The van der Waals surface area contributed by atoms with Crippen molar-refractivity contribution in [3.63, 3.8) is 0 Å². The van der Waals surface area contributed by atoms with Gasteiger partial charge in [-0.05, 0) is 12.1 Å². The third kappa shape index (κ3) is 4.99. The van der Waals surface area contributed by atoms with E-state index in [0.29, 0.717) is 18.8 Å². The van der Waals surface area contributed by atoms with Crippen molar-refractivity contribution in [2.45, 2.75) is 6.42 Å². The second kappa shape index (κ2) is 9.61. The Morgan fingerprint density at radius 1 is 1.04 bits per heavy atom. The van der Waals surface area contributed by atoms with E-state index in [2.05, 4.69) is 15.6 Å². The number of aliphatic hydroxyl groups excluding tert-OH is 1. The first-order chi connectivity index (χ1) is 13.3. The number of ether oxygens (including phenoxy) is 1. The van der Waals surface area contributed by atoms with E-state index >= 15 is 0 Å². The van der Waals surface area contributed by atoms with Crippen LogP contribution in [0.1, 0.15) is 5.69 Å². The summed E-state index contributed by atoms with van der Waals surface area (Å²) in [6.45, 7) is 0.970. The highest BCUT2D eigenvalue weighted by Gasteiger charge is 2.18. The number of rotatable bonds is 9. The molecule has 1 amide bonds. The molecular weight excluding hydrogens is 344 g/mol. The van der Waals surface area contributed by atoms with Crippen LogP contribution in [0.4, 0.5) is 0 Å². The second-order valence-corrected chi connectivity index (χ2v) is 5.86. The number of nitrogens with zero attached hydrogens (tertiary/aromatic N) is 3. The summed E-state index contributed by atoms with van der Waals surface area (Å²) in [6, 6.07) is 19.5. The summed E-state index contributed by atoms with van der Waals surface area (Å²) in [5.41, 5.74) is 3.24. The number of aromatic nitrogens is 3. The van der Waals surface area contributed by atoms with Crippen LogP contribution < -0.4 is 5.32 Å². The van der Waals surface area contributed by atoms with Gasteiger partial charge in [0.1, 0.15) is 5.69 Å². The third-order valence-electron chi connectivity index (χ3n) is 3.92. The molecule has 140 valence electrons. The molecule has 0 spiro atoms. The van der Waals surface area contributed by atoms with Crippen LogP contribution >= 0.6 is 0 Å². The second-order valence-electron chi connectivity index (χ2n) is 5.86. The average molecular weight is 366 g/mol. The minimum atomic E-state index is -0.153. The molecule has 2 aromatic carbocycles. The molecule has 0 bridgehead atoms. The first-order valence-corrected chi connectivity index (χ1v) is 8.80. The van der Waals surface area contributed by atoms with Crippen molar-refractivity contribution in [3.05, 3.63) is 66.4 Å². The quantitative estimate of drug-likeness (QED) is 0.562. The van der Waals surface area contributed by atoms with Gasteiger partial charge in [-0.2, -0.15) is 0 Å². The van der Waals surface area contributed by atoms with Crippen LogP contribution in [0, 0.1) is 0 Å². The molecule has 0 saturated carbocycles. The van der Waals surface area contributed by atoms with Crippen molar-refractivity contribution in [2.75, 3.05) is 26.4 Å². The monoisotopic (exact) mass is 366 g/mol. The van der Waals surface area contributed by atoms with Gasteiger partial charge in [0.15, 0.2) is 0 Å². The lowest BCUT2D eigenvalue weighted by atomic mass is 10.1. The topological polar surface area (TPSA) is 89.3 Å². The summed E-state index contributed by atoms with van der Waals surface area (Å²) in [7, 11) is 0. The molecule has 0 saturated heterocycles. The lowest BCUT2D eigenvalue weighted by molar-refractivity contribution is -0.120. The molecule has 0 atom stereocenters. The fourth-order valence-corrected chi connectivity index (χ4v) is 2.71. The summed E-state index contributed by atoms with van der Waals surface area (Å²) in [6.07, 6.45) is 0.122. The first-order valence-electron chi connectivity index (χ1n) is 8.80. The number of aliphatic hydroxyl groups is 1. The van der Waals surface area contributed by atoms with Gasteiger partial charge in [0, 0.05) is 12.1 Å². The maximum absolute atomic E-state index is 12.3. The lowest BCUT2D eigenvalue weighted by Gasteiger charge is -2.09. The molecule has 3 rings (SSSR count). The summed E-state index contributed by atoms with van der Waals surface area (Å²) >= 11 is 0. The van der Waals surface area contributed by atoms with Gasteiger partial charge in [0.25, 0.3) is 0 Å². The van der Waals surface area contributed by atoms with E-state index in [0.717, 1.165) is 16.9 Å². The fourth-order valence-electron chi connectivity index (χ4n) is 2.71. The number of hydrogen-bond donors (Lipinski definition) is 2. The highest BCUT2D eigenvalue weighted by atomic mass is 16.5. The Hall–Kier alpha value is -3.03. The van der Waals surface area contributed by atoms with Crippen molar-refractivity contribution in [2.24, 2.45) is 0 Å². The molecule has 2 N–H and O–H groups in total. The van der Waals surface area contributed by atoms with Crippen LogP contribution in [0.25, 0.3) is 16.9 Å². The standard InChI is InChI=1S/C20H22N4O3/c25-12-14-27-13-11-21-19(26)15-18-20(16-7-3-1-4-8-16)24(23-22-18)17-9-5-2-6-10-17/h1-10,25H,11-15H2,(H,21,26). The Labute approximate surface area is 157 Å². The van der Waals surface area contributed by atoms with E-state index in [9.17, 15) is 4.79 Å². The Morgan fingerprint density at radius 3 is 2.44 bits per heavy atom. The van der Waals surface area contributed by atoms with E-state index in [1.165, 1.54) is 0 Å². The van der Waals surface area contributed by atoms with Crippen molar-refractivity contribution < 1.29 is 14.6 Å². The third-order valence-corrected chi connectivity index (χ3v) is 3.92. The Morgan fingerprint density at radius 2 is 1.74 bits per heavy atom. The SMILES string of the molecule is O=C(Cc1nnn(-c2ccccc2)c1-c1ccccc1)NCCOCCO. The van der Waals surface area contributed by atoms with Crippen LogP contribution in [-0.2, 0) is 16.0 Å². The van der Waals surface area contributed by atoms with Gasteiger partial charge < -0.3 is 15.2 Å². The number of hydrogen-bond acceptors (Lipinski definition) is 5. The molecule has 7 nitrogen and oxygen atoms in total. The Balaban J connectivity index is 1.79. The van der Waals surface area contributed by atoms with E-state index in [1.54, 1.807) is 4.68 Å². The zero-order chi connectivity index (χ0) is 18.9. The summed E-state index contributed by atoms with van der Waals surface area (Å²) in [5.74, 6) is -0.153. The molecule has 27 heavy (non-hydrogen) atoms. The average Bonchev–Trinajstić information content (AvgIpc) is 3.12. The molecule has 1 aromatic heterocycles. The first kappa shape index (κ1) is 18.8. The van der Waals surface area contributed by atoms with Gasteiger partial charge in [0.2, 0.25) is 5.91 Å². The highest BCUT2D eigenvalue weighted by molar-refractivity contribution is 5.80. The molecule has 3 aromatic rings. The Bertz CT molecular complexity index is 850. The van der Waals surface area contributed by atoms with E-state index in [4.69, 9.17) is 9.84 Å². The van der Waals surface area contributed by atoms with Crippen molar-refractivity contribution in [1.29, 1.82) is 0 Å². The van der Waals surface area contributed by atoms with Gasteiger partial charge in [-0.25, -0.2) is 4.68 Å². The summed E-state index contributed by atoms with van der Waals surface area (Å²) in [4.78, 5) is 12.3. The van der Waals surface area contributed by atoms with Gasteiger partial charge in [-0.15, -0.1) is 5.10 Å². The van der Waals surface area contributed by atoms with Crippen molar-refractivity contribution in [3.8, 4) is 16.9 Å². The lowest BCUT2D eigenvalue weighted by Crippen LogP contribution is -2.29. The smallest absolute Gasteiger partial charge is 0.226 e. The molecule has 0 aliphatic heterocycles. The van der Waals surface area contributed by atoms with Gasteiger partial charge >= 0.3 is 0 Å². The van der Waals surface area contributed by atoms with Crippen LogP contribution in [0.2, 0.25) is 0 Å². The molecule has 0 radical (unpaired) electrons. The molecular formula is C20H22N4O3. The molecule has 0 unspecified atom stereocenters. The molecule has 1 heterocycles. The van der Waals surface area contributed by atoms with Gasteiger partial charge in [0.05, 0.1) is 37.6 Å². The largest absolute Gasteiger partial charge is 0.394 e. The predicted molar refractivity (Wildman–Crippen MR) is 101 cm³/mol. The van der Waals surface area contributed by atoms with Crippen LogP contribution in [0.15, 0.2) is 60.7 Å². The van der Waals surface area contributed by atoms with Crippen LogP contribution in [0.5, 0.6) is 0 Å². The predicted octanol–water partition coefficient (Wildman–Crippen LogP) is 1.60. The van der Waals surface area contributed by atoms with Crippen molar-refractivity contribution >= 4 is 5.91 Å². The van der Waals surface area contributed by atoms with Gasteiger partial charge in [-0.1, -0.05) is 53.7 Å². The van der Waals surface area contributed by atoms with Gasteiger partial charge in [-0.3, -0.25) is 4.79 Å². The maximum atomic E-state index is 12.3.